The number of aliphatic carboxylic acids is 1. The highest BCUT2D eigenvalue weighted by molar-refractivity contribution is 7.98. The van der Waals surface area contributed by atoms with Crippen LogP contribution in [0.25, 0.3) is 0 Å². The highest BCUT2D eigenvalue weighted by atomic mass is 32.2. The molecule has 0 spiro atoms. The molecule has 0 aliphatic heterocycles. The molecule has 0 saturated heterocycles. The van der Waals surface area contributed by atoms with E-state index in [0.29, 0.717) is 5.75 Å². The average molecular weight is 349 g/mol. The minimum absolute atomic E-state index is 0.0117. The molecular weight excluding hydrogens is 322 g/mol. The number of ketones is 1. The number of carbonyl (C=O) groups is 4. The third-order valence-corrected chi connectivity index (χ3v) is 3.16. The van der Waals surface area contributed by atoms with Crippen molar-refractivity contribution in [3.63, 3.8) is 0 Å². The SMILES string of the molecule is CC.CSC[C@H](NC(=O)CC[C@H](N)C(=O)O)C(=O)NCC(C)=O. The lowest BCUT2D eigenvalue weighted by Gasteiger charge is -2.17. The maximum Gasteiger partial charge on any atom is 0.320 e. The van der Waals surface area contributed by atoms with Gasteiger partial charge in [-0.2, -0.15) is 11.8 Å². The van der Waals surface area contributed by atoms with Crippen LogP contribution >= 0.6 is 11.8 Å². The lowest BCUT2D eigenvalue weighted by molar-refractivity contribution is -0.138. The van der Waals surface area contributed by atoms with Gasteiger partial charge in [-0.3, -0.25) is 19.2 Å². The van der Waals surface area contributed by atoms with E-state index in [2.05, 4.69) is 10.6 Å². The van der Waals surface area contributed by atoms with Crippen molar-refractivity contribution in [1.82, 2.24) is 10.6 Å². The first-order valence-corrected chi connectivity index (χ1v) is 8.71. The summed E-state index contributed by atoms with van der Waals surface area (Å²) in [7, 11) is 0. The monoisotopic (exact) mass is 349 g/mol. The number of carbonyl (C=O) groups excluding carboxylic acids is 3. The highest BCUT2D eigenvalue weighted by Crippen LogP contribution is 2.00. The van der Waals surface area contributed by atoms with Gasteiger partial charge in [-0.05, 0) is 19.6 Å². The van der Waals surface area contributed by atoms with Crippen molar-refractivity contribution in [2.75, 3.05) is 18.6 Å². The molecular formula is C14H27N3O5S. The summed E-state index contributed by atoms with van der Waals surface area (Å²) in [5.41, 5.74) is 5.29. The predicted octanol–water partition coefficient (Wildman–Crippen LogP) is -0.242. The van der Waals surface area contributed by atoms with E-state index >= 15 is 0 Å². The van der Waals surface area contributed by atoms with Crippen molar-refractivity contribution < 1.29 is 24.3 Å². The Bertz CT molecular complexity index is 404. The zero-order valence-electron chi connectivity index (χ0n) is 14.0. The van der Waals surface area contributed by atoms with Crippen LogP contribution in [-0.2, 0) is 19.2 Å². The van der Waals surface area contributed by atoms with Crippen LogP contribution in [0.3, 0.4) is 0 Å². The topological polar surface area (TPSA) is 139 Å². The second kappa shape index (κ2) is 14.0. The largest absolute Gasteiger partial charge is 0.480 e. The molecule has 0 aromatic heterocycles. The molecule has 5 N–H and O–H groups in total. The van der Waals surface area contributed by atoms with Gasteiger partial charge in [-0.1, -0.05) is 13.8 Å². The minimum atomic E-state index is -1.18. The van der Waals surface area contributed by atoms with E-state index in [9.17, 15) is 19.2 Å². The fraction of sp³-hybridized carbons (Fsp3) is 0.714. The molecule has 0 bridgehead atoms. The number of thioether (sulfide) groups is 1. The number of rotatable bonds is 10. The third kappa shape index (κ3) is 12.6. The lowest BCUT2D eigenvalue weighted by Crippen LogP contribution is -2.49. The average Bonchev–Trinajstić information content (AvgIpc) is 2.51. The summed E-state index contributed by atoms with van der Waals surface area (Å²) in [6, 6.07) is -1.88. The van der Waals surface area contributed by atoms with Crippen molar-refractivity contribution >= 4 is 35.3 Å². The molecule has 0 fully saturated rings. The molecule has 134 valence electrons. The molecule has 0 aliphatic carbocycles. The number of hydrogen-bond donors (Lipinski definition) is 4. The van der Waals surface area contributed by atoms with Crippen LogP contribution in [0.5, 0.6) is 0 Å². The molecule has 0 heterocycles. The fourth-order valence-electron chi connectivity index (χ4n) is 1.36. The molecule has 0 radical (unpaired) electrons. The predicted molar refractivity (Wildman–Crippen MR) is 90.2 cm³/mol. The zero-order chi connectivity index (χ0) is 18.4. The van der Waals surface area contributed by atoms with Crippen LogP contribution in [0.4, 0.5) is 0 Å². The molecule has 23 heavy (non-hydrogen) atoms. The van der Waals surface area contributed by atoms with Gasteiger partial charge in [0, 0.05) is 12.2 Å². The van der Waals surface area contributed by atoms with Gasteiger partial charge in [0.1, 0.15) is 17.9 Å². The number of nitrogens with two attached hydrogens (primary N) is 1. The standard InChI is InChI=1S/C12H21N3O5S.C2H6/c1-7(16)5-14-11(18)9(6-21-2)15-10(17)4-3-8(13)12(19)20;1-2/h8-9H,3-6,13H2,1-2H3,(H,14,18)(H,15,17)(H,19,20);1-2H3/t8-,9-;/m0./s1. The van der Waals surface area contributed by atoms with E-state index in [1.807, 2.05) is 13.8 Å². The maximum absolute atomic E-state index is 11.8. The number of hydrogen-bond acceptors (Lipinski definition) is 6. The maximum atomic E-state index is 11.8. The summed E-state index contributed by atoms with van der Waals surface area (Å²) in [5.74, 6) is -1.92. The molecule has 0 unspecified atom stereocenters. The summed E-state index contributed by atoms with van der Waals surface area (Å²) in [5, 5.41) is 13.5. The first kappa shape index (κ1) is 23.7. The van der Waals surface area contributed by atoms with Gasteiger partial charge in [-0.15, -0.1) is 0 Å². The Balaban J connectivity index is 0. The normalized spacial score (nSPS) is 12.2. The molecule has 2 amide bonds. The second-order valence-corrected chi connectivity index (χ2v) is 5.39. The van der Waals surface area contributed by atoms with Crippen molar-refractivity contribution in [1.29, 1.82) is 0 Å². The van der Waals surface area contributed by atoms with E-state index in [4.69, 9.17) is 10.8 Å². The number of carboxylic acids is 1. The Morgan fingerprint density at radius 3 is 2.22 bits per heavy atom. The van der Waals surface area contributed by atoms with Crippen LogP contribution in [-0.4, -0.2) is 59.3 Å². The lowest BCUT2D eigenvalue weighted by atomic mass is 10.1. The van der Waals surface area contributed by atoms with E-state index in [-0.39, 0.29) is 25.2 Å². The Morgan fingerprint density at radius 1 is 1.22 bits per heavy atom. The quantitative estimate of drug-likeness (QED) is 0.427. The molecule has 0 aliphatic rings. The summed E-state index contributed by atoms with van der Waals surface area (Å²) in [6.45, 7) is 5.25. The second-order valence-electron chi connectivity index (χ2n) is 4.48. The first-order chi connectivity index (χ1) is 10.8. The molecule has 8 nitrogen and oxygen atoms in total. The number of nitrogens with one attached hydrogen (secondary N) is 2. The number of Topliss-reactive ketones (excluding diaryl/α,β-unsaturated/α-hetero) is 1. The zero-order valence-corrected chi connectivity index (χ0v) is 14.9. The Labute approximate surface area is 140 Å². The fourth-order valence-corrected chi connectivity index (χ4v) is 1.93. The summed E-state index contributed by atoms with van der Waals surface area (Å²) in [6.07, 6.45) is 1.68. The van der Waals surface area contributed by atoms with Gasteiger partial charge in [0.05, 0.1) is 6.54 Å². The molecule has 0 aromatic carbocycles. The smallest absolute Gasteiger partial charge is 0.320 e. The van der Waals surface area contributed by atoms with Gasteiger partial charge in [0.25, 0.3) is 0 Å². The number of amides is 2. The van der Waals surface area contributed by atoms with Crippen molar-refractivity contribution in [2.24, 2.45) is 5.73 Å². The minimum Gasteiger partial charge on any atom is -0.480 e. The summed E-state index contributed by atoms with van der Waals surface area (Å²) in [4.78, 5) is 44.8. The van der Waals surface area contributed by atoms with Crippen molar-refractivity contribution in [3.05, 3.63) is 0 Å². The third-order valence-electron chi connectivity index (χ3n) is 2.50. The molecule has 2 atom stereocenters. The van der Waals surface area contributed by atoms with Crippen LogP contribution in [0.15, 0.2) is 0 Å². The highest BCUT2D eigenvalue weighted by Gasteiger charge is 2.21. The molecule has 0 rings (SSSR count). The van der Waals surface area contributed by atoms with Crippen molar-refractivity contribution in [2.45, 2.75) is 45.7 Å². The van der Waals surface area contributed by atoms with Gasteiger partial charge in [-0.25, -0.2) is 0 Å². The Hall–Kier alpha value is -1.61. The van der Waals surface area contributed by atoms with Crippen LogP contribution in [0.1, 0.15) is 33.6 Å². The van der Waals surface area contributed by atoms with E-state index in [1.165, 1.54) is 18.7 Å². The first-order valence-electron chi connectivity index (χ1n) is 7.31. The van der Waals surface area contributed by atoms with Crippen molar-refractivity contribution in [3.8, 4) is 0 Å². The molecule has 9 heteroatoms. The summed E-state index contributed by atoms with van der Waals surface area (Å²) < 4.78 is 0. The van der Waals surface area contributed by atoms with Crippen LogP contribution < -0.4 is 16.4 Å². The van der Waals surface area contributed by atoms with Gasteiger partial charge < -0.3 is 21.5 Å². The van der Waals surface area contributed by atoms with Crippen LogP contribution in [0, 0.1) is 0 Å². The summed E-state index contributed by atoms with van der Waals surface area (Å²) >= 11 is 1.36. The van der Waals surface area contributed by atoms with Gasteiger partial charge in [0.2, 0.25) is 11.8 Å². The van der Waals surface area contributed by atoms with Gasteiger partial charge >= 0.3 is 5.97 Å². The number of carboxylic acid groups (broad SMARTS) is 1. The van der Waals surface area contributed by atoms with E-state index in [1.54, 1.807) is 6.26 Å². The Kier molecular flexibility index (Phi) is 14.4. The van der Waals surface area contributed by atoms with Gasteiger partial charge in [0.15, 0.2) is 0 Å². The molecule has 0 saturated carbocycles. The Morgan fingerprint density at radius 2 is 1.78 bits per heavy atom. The van der Waals surface area contributed by atoms with E-state index < -0.39 is 29.9 Å². The van der Waals surface area contributed by atoms with Crippen LogP contribution in [0.2, 0.25) is 0 Å². The van der Waals surface area contributed by atoms with E-state index in [0.717, 1.165) is 0 Å². The molecule has 0 aromatic rings.